The Bertz CT molecular complexity index is 2200. The highest BCUT2D eigenvalue weighted by atomic mass is 32.1. The van der Waals surface area contributed by atoms with Crippen LogP contribution < -0.4 is 0 Å². The van der Waals surface area contributed by atoms with E-state index in [9.17, 15) is 0 Å². The molecule has 0 aliphatic heterocycles. The fourth-order valence-corrected chi connectivity index (χ4v) is 7.10. The molecule has 43 heavy (non-hydrogen) atoms. The summed E-state index contributed by atoms with van der Waals surface area (Å²) in [6.45, 7) is 0. The van der Waals surface area contributed by atoms with E-state index >= 15 is 0 Å². The van der Waals surface area contributed by atoms with Gasteiger partial charge in [0, 0.05) is 44.0 Å². The van der Waals surface area contributed by atoms with Crippen LogP contribution in [0.4, 0.5) is 0 Å². The molecule has 0 saturated heterocycles. The molecule has 0 spiro atoms. The van der Waals surface area contributed by atoms with Gasteiger partial charge in [-0.25, -0.2) is 4.98 Å². The Kier molecular flexibility index (Phi) is 5.33. The number of para-hydroxylation sites is 4. The molecular formula is C38H24N4S. The molecule has 0 fully saturated rings. The summed E-state index contributed by atoms with van der Waals surface area (Å²) in [7, 11) is 0. The average molecular weight is 569 g/mol. The fraction of sp³-hybridized carbons (Fsp3) is 0. The molecule has 0 aliphatic carbocycles. The van der Waals surface area contributed by atoms with Crippen molar-refractivity contribution in [3.63, 3.8) is 0 Å². The van der Waals surface area contributed by atoms with E-state index in [2.05, 4.69) is 155 Å². The molecule has 0 atom stereocenters. The number of nitrogens with zero attached hydrogens (tertiary/aromatic N) is 4. The van der Waals surface area contributed by atoms with E-state index in [1.807, 2.05) is 0 Å². The Morgan fingerprint density at radius 1 is 0.419 bits per heavy atom. The summed E-state index contributed by atoms with van der Waals surface area (Å²) in [5.41, 5.74) is 9.03. The molecule has 0 saturated carbocycles. The van der Waals surface area contributed by atoms with Crippen LogP contribution in [0.3, 0.4) is 0 Å². The lowest BCUT2D eigenvalue weighted by molar-refractivity contribution is 1.17. The van der Waals surface area contributed by atoms with Crippen molar-refractivity contribution in [3.05, 3.63) is 146 Å². The molecule has 0 unspecified atom stereocenters. The van der Waals surface area contributed by atoms with Crippen LogP contribution in [-0.4, -0.2) is 18.5 Å². The number of hydrogen-bond donors (Lipinski definition) is 0. The van der Waals surface area contributed by atoms with Gasteiger partial charge in [-0.1, -0.05) is 97.1 Å². The maximum Gasteiger partial charge on any atom is 0.173 e. The monoisotopic (exact) mass is 568 g/mol. The van der Waals surface area contributed by atoms with Crippen molar-refractivity contribution in [1.82, 2.24) is 18.5 Å². The Morgan fingerprint density at radius 3 is 1.33 bits per heavy atom. The van der Waals surface area contributed by atoms with Gasteiger partial charge in [0.1, 0.15) is 5.01 Å². The summed E-state index contributed by atoms with van der Waals surface area (Å²) in [5.74, 6) is 0.741. The van der Waals surface area contributed by atoms with Gasteiger partial charge in [0.15, 0.2) is 5.82 Å². The van der Waals surface area contributed by atoms with Crippen molar-refractivity contribution >= 4 is 55.1 Å². The summed E-state index contributed by atoms with van der Waals surface area (Å²) < 4.78 is 9.49. The van der Waals surface area contributed by atoms with Crippen LogP contribution in [0.25, 0.3) is 76.9 Å². The zero-order valence-corrected chi connectivity index (χ0v) is 23.9. The standard InChI is InChI=1S/C38H24N4S/c1-5-19-33-29(15-1)30-16-2-6-20-34(30)41(33)27-13-9-11-25(23-27)37-39-38(43-40-37)26-12-10-14-28(24-26)42-35-21-7-3-17-31(35)32-18-4-8-22-36(32)42/h1-24H. The van der Waals surface area contributed by atoms with Crippen molar-refractivity contribution < 1.29 is 0 Å². The lowest BCUT2D eigenvalue weighted by Gasteiger charge is -2.09. The first-order chi connectivity index (χ1) is 21.3. The van der Waals surface area contributed by atoms with E-state index in [-0.39, 0.29) is 0 Å². The Labute approximate surface area is 251 Å². The smallest absolute Gasteiger partial charge is 0.173 e. The molecule has 0 N–H and O–H groups in total. The third-order valence-corrected chi connectivity index (χ3v) is 9.06. The van der Waals surface area contributed by atoms with Gasteiger partial charge in [-0.3, -0.25) is 0 Å². The average Bonchev–Trinajstić information content (AvgIpc) is 3.78. The number of rotatable bonds is 4. The number of benzene rings is 6. The molecule has 0 radical (unpaired) electrons. The van der Waals surface area contributed by atoms with Crippen LogP contribution in [0.2, 0.25) is 0 Å². The second-order valence-corrected chi connectivity index (χ2v) is 11.5. The fourth-order valence-electron chi connectivity index (χ4n) is 6.42. The quantitative estimate of drug-likeness (QED) is 0.212. The molecular weight excluding hydrogens is 545 g/mol. The molecule has 9 rings (SSSR count). The molecule has 6 aromatic carbocycles. The van der Waals surface area contributed by atoms with Gasteiger partial charge in [0.25, 0.3) is 0 Å². The van der Waals surface area contributed by atoms with E-state index in [4.69, 9.17) is 9.36 Å². The summed E-state index contributed by atoms with van der Waals surface area (Å²) in [5, 5.41) is 5.91. The summed E-state index contributed by atoms with van der Waals surface area (Å²) in [6.07, 6.45) is 0. The van der Waals surface area contributed by atoms with Gasteiger partial charge >= 0.3 is 0 Å². The van der Waals surface area contributed by atoms with Gasteiger partial charge in [-0.15, -0.1) is 0 Å². The predicted octanol–water partition coefficient (Wildman–Crippen LogP) is 10.1. The third-order valence-electron chi connectivity index (χ3n) is 8.30. The Hall–Kier alpha value is -5.52. The molecule has 5 heteroatoms. The first-order valence-electron chi connectivity index (χ1n) is 14.4. The molecule has 4 nitrogen and oxygen atoms in total. The van der Waals surface area contributed by atoms with Gasteiger partial charge in [0.2, 0.25) is 0 Å². The first kappa shape index (κ1) is 24.1. The molecule has 0 bridgehead atoms. The highest BCUT2D eigenvalue weighted by Gasteiger charge is 2.16. The van der Waals surface area contributed by atoms with E-state index in [1.165, 1.54) is 55.1 Å². The van der Waals surface area contributed by atoms with Crippen LogP contribution in [0, 0.1) is 0 Å². The SMILES string of the molecule is c1cc(-c2nsc(-c3cccc(-n4c5ccccc5c5ccccc54)c3)n2)cc(-n2c3ccccc3c3ccccc32)c1. The minimum Gasteiger partial charge on any atom is -0.309 e. The molecule has 0 aliphatic rings. The molecule has 202 valence electrons. The number of aromatic nitrogens is 4. The zero-order valence-electron chi connectivity index (χ0n) is 23.1. The summed E-state index contributed by atoms with van der Waals surface area (Å²) in [4.78, 5) is 5.03. The second-order valence-electron chi connectivity index (χ2n) is 10.8. The normalized spacial score (nSPS) is 11.7. The van der Waals surface area contributed by atoms with Crippen molar-refractivity contribution in [3.8, 4) is 33.3 Å². The predicted molar refractivity (Wildman–Crippen MR) is 179 cm³/mol. The lowest BCUT2D eigenvalue weighted by atomic mass is 10.1. The van der Waals surface area contributed by atoms with Gasteiger partial charge in [0.05, 0.1) is 22.1 Å². The molecule has 3 heterocycles. The first-order valence-corrected chi connectivity index (χ1v) is 15.1. The topological polar surface area (TPSA) is 35.6 Å². The molecule has 3 aromatic heterocycles. The summed E-state index contributed by atoms with van der Waals surface area (Å²) in [6, 6.07) is 51.5. The van der Waals surface area contributed by atoms with Crippen LogP contribution in [0.1, 0.15) is 0 Å². The minimum atomic E-state index is 0.741. The van der Waals surface area contributed by atoms with Crippen LogP contribution >= 0.6 is 11.5 Å². The highest BCUT2D eigenvalue weighted by Crippen LogP contribution is 2.35. The zero-order chi connectivity index (χ0) is 28.3. The van der Waals surface area contributed by atoms with Crippen molar-refractivity contribution in [2.75, 3.05) is 0 Å². The van der Waals surface area contributed by atoms with E-state index < -0.39 is 0 Å². The van der Waals surface area contributed by atoms with Crippen molar-refractivity contribution in [2.45, 2.75) is 0 Å². The lowest BCUT2D eigenvalue weighted by Crippen LogP contribution is -1.94. The van der Waals surface area contributed by atoms with Crippen LogP contribution in [-0.2, 0) is 0 Å². The van der Waals surface area contributed by atoms with Crippen molar-refractivity contribution in [1.29, 1.82) is 0 Å². The maximum atomic E-state index is 5.03. The van der Waals surface area contributed by atoms with Crippen molar-refractivity contribution in [2.24, 2.45) is 0 Å². The molecule has 9 aromatic rings. The van der Waals surface area contributed by atoms with E-state index in [0.717, 1.165) is 33.3 Å². The van der Waals surface area contributed by atoms with Crippen LogP contribution in [0.15, 0.2) is 146 Å². The summed E-state index contributed by atoms with van der Waals surface area (Å²) >= 11 is 1.44. The van der Waals surface area contributed by atoms with E-state index in [1.54, 1.807) is 0 Å². The molecule has 0 amide bonds. The largest absolute Gasteiger partial charge is 0.309 e. The van der Waals surface area contributed by atoms with E-state index in [0.29, 0.717) is 0 Å². The van der Waals surface area contributed by atoms with Gasteiger partial charge in [-0.2, -0.15) is 4.37 Å². The van der Waals surface area contributed by atoms with Gasteiger partial charge in [-0.05, 0) is 60.1 Å². The number of hydrogen-bond acceptors (Lipinski definition) is 3. The third kappa shape index (κ3) is 3.75. The minimum absolute atomic E-state index is 0.741. The second kappa shape index (κ2) is 9.51. The Morgan fingerprint density at radius 2 is 0.837 bits per heavy atom. The number of fused-ring (bicyclic) bond motifs is 6. The maximum absolute atomic E-state index is 5.03. The van der Waals surface area contributed by atoms with Crippen LogP contribution in [0.5, 0.6) is 0 Å². The highest BCUT2D eigenvalue weighted by molar-refractivity contribution is 7.09. The van der Waals surface area contributed by atoms with Gasteiger partial charge < -0.3 is 9.13 Å². The Balaban J connectivity index is 1.13.